The molecule has 2 aliphatic heterocycles. The Hall–Kier alpha value is 0.310. The Labute approximate surface area is 75.0 Å². The molecule has 2 bridgehead atoms. The summed E-state index contributed by atoms with van der Waals surface area (Å²) in [5, 5.41) is 0. The van der Waals surface area contributed by atoms with Crippen molar-refractivity contribution in [1.82, 2.24) is 0 Å². The van der Waals surface area contributed by atoms with Gasteiger partial charge in [-0.25, -0.2) is 0 Å². The molecular weight excluding hydrogens is 175 g/mol. The van der Waals surface area contributed by atoms with E-state index in [1.165, 1.54) is 0 Å². The zero-order valence-electron chi connectivity index (χ0n) is 7.45. The molecule has 0 amide bonds. The maximum atomic E-state index is 5.84. The molecule has 5 atom stereocenters. The molecule has 2 aliphatic rings. The third-order valence-electron chi connectivity index (χ3n) is 2.97. The molecule has 0 aromatic carbocycles. The highest BCUT2D eigenvalue weighted by Gasteiger charge is 2.59. The van der Waals surface area contributed by atoms with E-state index in [0.29, 0.717) is 6.61 Å². The first-order valence-corrected chi connectivity index (χ1v) is 4.85. The van der Waals surface area contributed by atoms with Crippen molar-refractivity contribution >= 4 is 9.47 Å². The van der Waals surface area contributed by atoms with Gasteiger partial charge in [-0.15, -0.1) is 0 Å². The fourth-order valence-electron chi connectivity index (χ4n) is 2.21. The Bertz CT molecular complexity index is 187. The zero-order chi connectivity index (χ0) is 8.77. The topological polar surface area (TPSA) is 27.7 Å². The van der Waals surface area contributed by atoms with E-state index in [4.69, 9.17) is 14.0 Å². The summed E-state index contributed by atoms with van der Waals surface area (Å²) >= 11 is 0. The van der Waals surface area contributed by atoms with Crippen LogP contribution in [0.25, 0.3) is 0 Å². The molecule has 2 fully saturated rings. The smallest absolute Gasteiger partial charge is 0.121 e. The second-order valence-corrected chi connectivity index (χ2v) is 3.85. The van der Waals surface area contributed by atoms with Crippen molar-refractivity contribution in [2.24, 2.45) is 0 Å². The van der Waals surface area contributed by atoms with E-state index < -0.39 is 0 Å². The minimum absolute atomic E-state index is 0.0995. The average Bonchev–Trinajstić information content (AvgIpc) is 2.56. The predicted octanol–water partition coefficient (Wildman–Crippen LogP) is 1.13. The molecule has 3 nitrogen and oxygen atoms in total. The summed E-state index contributed by atoms with van der Waals surface area (Å²) in [5.74, 6) is 0. The van der Waals surface area contributed by atoms with Gasteiger partial charge in [0.2, 0.25) is 0 Å². The third-order valence-corrected chi connectivity index (χ3v) is 3.26. The number of rotatable bonds is 2. The van der Waals surface area contributed by atoms with Gasteiger partial charge >= 0.3 is 0 Å². The van der Waals surface area contributed by atoms with E-state index in [2.05, 4.69) is 16.4 Å². The third kappa shape index (κ3) is 0.973. The first kappa shape index (κ1) is 8.89. The Morgan fingerprint density at radius 1 is 1.67 bits per heavy atom. The Morgan fingerprint density at radius 2 is 2.42 bits per heavy atom. The highest BCUT2D eigenvalue weighted by Crippen LogP contribution is 2.44. The summed E-state index contributed by atoms with van der Waals surface area (Å²) in [6.07, 6.45) is 1.35. The van der Waals surface area contributed by atoms with Crippen LogP contribution in [0, 0.1) is 0 Å². The van der Waals surface area contributed by atoms with Gasteiger partial charge < -0.3 is 14.0 Å². The van der Waals surface area contributed by atoms with Crippen molar-refractivity contribution in [2.75, 3.05) is 6.61 Å². The van der Waals surface area contributed by atoms with Crippen LogP contribution in [0.5, 0.6) is 0 Å². The highest BCUT2D eigenvalue weighted by molar-refractivity contribution is 7.09. The molecule has 3 unspecified atom stereocenters. The van der Waals surface area contributed by atoms with Gasteiger partial charge in [-0.1, -0.05) is 6.92 Å². The van der Waals surface area contributed by atoms with E-state index >= 15 is 0 Å². The first-order chi connectivity index (χ1) is 5.73. The maximum absolute atomic E-state index is 5.84. The molecule has 2 heterocycles. The van der Waals surface area contributed by atoms with Gasteiger partial charge in [0.15, 0.2) is 0 Å². The molecule has 0 saturated carbocycles. The van der Waals surface area contributed by atoms with Crippen molar-refractivity contribution in [3.05, 3.63) is 0 Å². The SMILES string of the molecule is CCC12CO[C@H](C(C)O1)[C@H]2OP. The predicted molar refractivity (Wildman–Crippen MR) is 47.9 cm³/mol. The van der Waals surface area contributed by atoms with E-state index in [0.717, 1.165) is 6.42 Å². The number of hydrogen-bond acceptors (Lipinski definition) is 3. The van der Waals surface area contributed by atoms with Gasteiger partial charge in [0.25, 0.3) is 0 Å². The Morgan fingerprint density at radius 3 is 2.83 bits per heavy atom. The van der Waals surface area contributed by atoms with Crippen LogP contribution in [0.15, 0.2) is 0 Å². The van der Waals surface area contributed by atoms with Gasteiger partial charge in [0, 0.05) is 9.47 Å². The van der Waals surface area contributed by atoms with Crippen molar-refractivity contribution in [3.8, 4) is 0 Å². The second kappa shape index (κ2) is 2.91. The minimum atomic E-state index is -0.175. The normalized spacial score (nSPS) is 51.8. The Balaban J connectivity index is 2.23. The quantitative estimate of drug-likeness (QED) is 0.611. The first-order valence-electron chi connectivity index (χ1n) is 4.38. The summed E-state index contributed by atoms with van der Waals surface area (Å²) < 4.78 is 16.8. The van der Waals surface area contributed by atoms with Crippen molar-refractivity contribution in [3.63, 3.8) is 0 Å². The maximum Gasteiger partial charge on any atom is 0.121 e. The second-order valence-electron chi connectivity index (χ2n) is 3.57. The lowest BCUT2D eigenvalue weighted by molar-refractivity contribution is -0.138. The molecule has 70 valence electrons. The van der Waals surface area contributed by atoms with Crippen LogP contribution in [0.4, 0.5) is 0 Å². The fourth-order valence-corrected chi connectivity index (χ4v) is 2.62. The molecule has 4 heteroatoms. The van der Waals surface area contributed by atoms with Gasteiger partial charge in [-0.05, 0) is 13.3 Å². The lowest BCUT2D eigenvalue weighted by Gasteiger charge is -2.28. The van der Waals surface area contributed by atoms with Crippen LogP contribution < -0.4 is 0 Å². The minimum Gasteiger partial charge on any atom is -0.370 e. The van der Waals surface area contributed by atoms with Gasteiger partial charge in [-0.2, -0.15) is 0 Å². The number of ether oxygens (including phenoxy) is 2. The van der Waals surface area contributed by atoms with E-state index in [1.54, 1.807) is 0 Å². The summed E-state index contributed by atoms with van der Waals surface area (Å²) in [7, 11) is 2.31. The largest absolute Gasteiger partial charge is 0.370 e. The zero-order valence-corrected chi connectivity index (χ0v) is 8.60. The van der Waals surface area contributed by atoms with Crippen LogP contribution in [0.3, 0.4) is 0 Å². The van der Waals surface area contributed by atoms with Gasteiger partial charge in [-0.3, -0.25) is 0 Å². The highest BCUT2D eigenvalue weighted by atomic mass is 31.0. The van der Waals surface area contributed by atoms with Crippen LogP contribution in [-0.2, 0) is 14.0 Å². The van der Waals surface area contributed by atoms with Crippen molar-refractivity contribution in [1.29, 1.82) is 0 Å². The molecule has 2 saturated heterocycles. The Kier molecular flexibility index (Phi) is 2.16. The molecule has 0 aromatic heterocycles. The molecule has 0 radical (unpaired) electrons. The number of hydrogen-bond donors (Lipinski definition) is 0. The summed E-state index contributed by atoms with van der Waals surface area (Å²) in [6.45, 7) is 4.83. The van der Waals surface area contributed by atoms with E-state index in [-0.39, 0.29) is 23.9 Å². The summed E-state index contributed by atoms with van der Waals surface area (Å²) in [6, 6.07) is 0. The lowest BCUT2D eigenvalue weighted by Crippen LogP contribution is -2.39. The lowest BCUT2D eigenvalue weighted by atomic mass is 9.96. The molecule has 2 rings (SSSR count). The van der Waals surface area contributed by atoms with Crippen LogP contribution in [0.2, 0.25) is 0 Å². The molecular formula is C8H15O3P. The molecule has 12 heavy (non-hydrogen) atoms. The van der Waals surface area contributed by atoms with E-state index in [1.807, 2.05) is 6.92 Å². The summed E-state index contributed by atoms with van der Waals surface area (Å²) in [4.78, 5) is 0. The monoisotopic (exact) mass is 190 g/mol. The van der Waals surface area contributed by atoms with Crippen molar-refractivity contribution < 1.29 is 14.0 Å². The standard InChI is InChI=1S/C8H15O3P/c1-3-8-4-9-6(5(2)10-8)7(8)11-12/h5-7H,3-4,12H2,1-2H3/t5?,6-,7-,8?/m1/s1. The molecule has 0 aromatic rings. The van der Waals surface area contributed by atoms with Gasteiger partial charge in [0.05, 0.1) is 12.7 Å². The van der Waals surface area contributed by atoms with Gasteiger partial charge in [0.1, 0.15) is 17.8 Å². The van der Waals surface area contributed by atoms with Crippen LogP contribution in [0.1, 0.15) is 20.3 Å². The van der Waals surface area contributed by atoms with Crippen LogP contribution in [-0.4, -0.2) is 30.5 Å². The summed E-state index contributed by atoms with van der Waals surface area (Å²) in [5.41, 5.74) is -0.175. The molecule has 0 aliphatic carbocycles. The number of fused-ring (bicyclic) bond motifs is 2. The average molecular weight is 190 g/mol. The van der Waals surface area contributed by atoms with Crippen LogP contribution >= 0.6 is 9.47 Å². The van der Waals surface area contributed by atoms with Crippen molar-refractivity contribution in [2.45, 2.75) is 44.2 Å². The molecule has 0 N–H and O–H groups in total. The fraction of sp³-hybridized carbons (Fsp3) is 1.00. The molecule has 0 spiro atoms. The van der Waals surface area contributed by atoms with E-state index in [9.17, 15) is 0 Å².